The summed E-state index contributed by atoms with van der Waals surface area (Å²) in [5, 5.41) is 0. The molecule has 0 radical (unpaired) electrons. The third-order valence-electron chi connectivity index (χ3n) is 2.04. The standard InChI is InChI=1S/C11H16S2/c1-8(2)9-5-10(12-3)7-11(6-9)13-4/h5-8H,1-4H3. The van der Waals surface area contributed by atoms with Gasteiger partial charge in [-0.3, -0.25) is 0 Å². The van der Waals surface area contributed by atoms with Crippen molar-refractivity contribution in [2.45, 2.75) is 29.6 Å². The molecule has 0 aromatic heterocycles. The van der Waals surface area contributed by atoms with Gasteiger partial charge in [0, 0.05) is 9.79 Å². The smallest absolute Gasteiger partial charge is 0.00831 e. The lowest BCUT2D eigenvalue weighted by Gasteiger charge is -2.09. The van der Waals surface area contributed by atoms with Crippen molar-refractivity contribution in [2.75, 3.05) is 12.5 Å². The van der Waals surface area contributed by atoms with E-state index in [2.05, 4.69) is 44.6 Å². The molecule has 0 aliphatic rings. The maximum atomic E-state index is 2.29. The summed E-state index contributed by atoms with van der Waals surface area (Å²) in [5.74, 6) is 0.623. The molecule has 0 amide bonds. The molecule has 0 bridgehead atoms. The van der Waals surface area contributed by atoms with E-state index in [9.17, 15) is 0 Å². The van der Waals surface area contributed by atoms with E-state index < -0.39 is 0 Å². The number of benzene rings is 1. The fourth-order valence-electron chi connectivity index (χ4n) is 1.16. The quantitative estimate of drug-likeness (QED) is 0.687. The van der Waals surface area contributed by atoms with E-state index in [4.69, 9.17) is 0 Å². The number of hydrogen-bond acceptors (Lipinski definition) is 2. The van der Waals surface area contributed by atoms with E-state index in [-0.39, 0.29) is 0 Å². The highest BCUT2D eigenvalue weighted by molar-refractivity contribution is 7.99. The van der Waals surface area contributed by atoms with Crippen LogP contribution in [0, 0.1) is 0 Å². The molecule has 0 N–H and O–H groups in total. The molecule has 0 spiro atoms. The van der Waals surface area contributed by atoms with Gasteiger partial charge in [-0.2, -0.15) is 0 Å². The first-order valence-corrected chi connectivity index (χ1v) is 6.85. The third kappa shape index (κ3) is 2.96. The summed E-state index contributed by atoms with van der Waals surface area (Å²) in [6.45, 7) is 4.48. The number of rotatable bonds is 3. The lowest BCUT2D eigenvalue weighted by atomic mass is 10.0. The van der Waals surface area contributed by atoms with Crippen LogP contribution in [0.4, 0.5) is 0 Å². The van der Waals surface area contributed by atoms with Gasteiger partial charge in [0.2, 0.25) is 0 Å². The second-order valence-corrected chi connectivity index (χ2v) is 5.06. The molecule has 0 aliphatic heterocycles. The zero-order valence-corrected chi connectivity index (χ0v) is 10.3. The van der Waals surface area contributed by atoms with Gasteiger partial charge < -0.3 is 0 Å². The van der Waals surface area contributed by atoms with E-state index in [0.29, 0.717) is 5.92 Å². The average Bonchev–Trinajstić information content (AvgIpc) is 2.16. The summed E-state index contributed by atoms with van der Waals surface area (Å²) in [7, 11) is 0. The molecule has 1 aromatic rings. The van der Waals surface area contributed by atoms with Gasteiger partial charge in [-0.05, 0) is 42.2 Å². The van der Waals surface area contributed by atoms with Gasteiger partial charge >= 0.3 is 0 Å². The van der Waals surface area contributed by atoms with Gasteiger partial charge in [0.25, 0.3) is 0 Å². The fraction of sp³-hybridized carbons (Fsp3) is 0.455. The molecule has 0 nitrogen and oxygen atoms in total. The normalized spacial score (nSPS) is 10.8. The van der Waals surface area contributed by atoms with Crippen molar-refractivity contribution in [1.29, 1.82) is 0 Å². The molecule has 0 atom stereocenters. The molecule has 0 unspecified atom stereocenters. The van der Waals surface area contributed by atoms with Crippen LogP contribution in [0.1, 0.15) is 25.3 Å². The summed E-state index contributed by atoms with van der Waals surface area (Å²) < 4.78 is 0. The highest BCUT2D eigenvalue weighted by atomic mass is 32.2. The van der Waals surface area contributed by atoms with Crippen molar-refractivity contribution in [3.63, 3.8) is 0 Å². The van der Waals surface area contributed by atoms with Crippen molar-refractivity contribution in [3.8, 4) is 0 Å². The Morgan fingerprint density at radius 2 is 1.38 bits per heavy atom. The van der Waals surface area contributed by atoms with Crippen molar-refractivity contribution in [2.24, 2.45) is 0 Å². The van der Waals surface area contributed by atoms with Crippen LogP contribution in [0.2, 0.25) is 0 Å². The van der Waals surface area contributed by atoms with Crippen LogP contribution in [-0.2, 0) is 0 Å². The van der Waals surface area contributed by atoms with Crippen LogP contribution in [-0.4, -0.2) is 12.5 Å². The Morgan fingerprint density at radius 1 is 0.923 bits per heavy atom. The molecule has 13 heavy (non-hydrogen) atoms. The van der Waals surface area contributed by atoms with Crippen molar-refractivity contribution >= 4 is 23.5 Å². The predicted octanol–water partition coefficient (Wildman–Crippen LogP) is 4.25. The molecule has 1 aromatic carbocycles. The Labute approximate surface area is 89.5 Å². The van der Waals surface area contributed by atoms with Gasteiger partial charge in [-0.25, -0.2) is 0 Å². The highest BCUT2D eigenvalue weighted by Crippen LogP contribution is 2.27. The molecule has 0 saturated heterocycles. The maximum Gasteiger partial charge on any atom is 0.00831 e. The molecule has 2 heteroatoms. The Balaban J connectivity index is 3.07. The summed E-state index contributed by atoms with van der Waals surface area (Å²) in [5.41, 5.74) is 1.44. The lowest BCUT2D eigenvalue weighted by molar-refractivity contribution is 0.857. The highest BCUT2D eigenvalue weighted by Gasteiger charge is 2.03. The zero-order chi connectivity index (χ0) is 9.84. The Kier molecular flexibility index (Phi) is 4.20. The van der Waals surface area contributed by atoms with Crippen LogP contribution < -0.4 is 0 Å². The molecule has 0 aliphatic carbocycles. The molecule has 1 rings (SSSR count). The topological polar surface area (TPSA) is 0 Å². The first-order valence-electron chi connectivity index (χ1n) is 4.40. The number of thioether (sulfide) groups is 2. The first kappa shape index (κ1) is 11.0. The van der Waals surface area contributed by atoms with Crippen LogP contribution >= 0.6 is 23.5 Å². The maximum absolute atomic E-state index is 2.29. The molecule has 0 fully saturated rings. The largest absolute Gasteiger partial charge is 0.130 e. The minimum Gasteiger partial charge on any atom is -0.130 e. The molecule has 72 valence electrons. The van der Waals surface area contributed by atoms with Gasteiger partial charge in [0.1, 0.15) is 0 Å². The summed E-state index contributed by atoms with van der Waals surface area (Å²) in [6, 6.07) is 6.82. The van der Waals surface area contributed by atoms with Crippen molar-refractivity contribution in [3.05, 3.63) is 23.8 Å². The van der Waals surface area contributed by atoms with Crippen molar-refractivity contribution < 1.29 is 0 Å². The van der Waals surface area contributed by atoms with Gasteiger partial charge in [0.05, 0.1) is 0 Å². The second-order valence-electron chi connectivity index (χ2n) is 3.30. The van der Waals surface area contributed by atoms with Crippen LogP contribution in [0.3, 0.4) is 0 Å². The zero-order valence-electron chi connectivity index (χ0n) is 8.63. The van der Waals surface area contributed by atoms with Gasteiger partial charge in [0.15, 0.2) is 0 Å². The Hall–Kier alpha value is -0.0800. The van der Waals surface area contributed by atoms with E-state index in [1.165, 1.54) is 15.4 Å². The van der Waals surface area contributed by atoms with E-state index in [1.54, 1.807) is 0 Å². The molecule has 0 saturated carbocycles. The third-order valence-corrected chi connectivity index (χ3v) is 3.45. The van der Waals surface area contributed by atoms with E-state index >= 15 is 0 Å². The van der Waals surface area contributed by atoms with Crippen LogP contribution in [0.25, 0.3) is 0 Å². The first-order chi connectivity index (χ1) is 6.17. The summed E-state index contributed by atoms with van der Waals surface area (Å²) in [6.07, 6.45) is 4.26. The molecular weight excluding hydrogens is 196 g/mol. The second kappa shape index (κ2) is 4.97. The predicted molar refractivity (Wildman–Crippen MR) is 64.1 cm³/mol. The van der Waals surface area contributed by atoms with Gasteiger partial charge in [-0.1, -0.05) is 13.8 Å². The fourth-order valence-corrected chi connectivity index (χ4v) is 2.23. The summed E-state index contributed by atoms with van der Waals surface area (Å²) in [4.78, 5) is 2.74. The molecule has 0 heterocycles. The Morgan fingerprint density at radius 3 is 1.69 bits per heavy atom. The SMILES string of the molecule is CSc1cc(SC)cc(C(C)C)c1. The van der Waals surface area contributed by atoms with Crippen molar-refractivity contribution in [1.82, 2.24) is 0 Å². The van der Waals surface area contributed by atoms with Gasteiger partial charge in [-0.15, -0.1) is 23.5 Å². The van der Waals surface area contributed by atoms with E-state index in [0.717, 1.165) is 0 Å². The minimum absolute atomic E-state index is 0.623. The minimum atomic E-state index is 0.623. The monoisotopic (exact) mass is 212 g/mol. The lowest BCUT2D eigenvalue weighted by Crippen LogP contribution is -1.88. The van der Waals surface area contributed by atoms with Crippen LogP contribution in [0.5, 0.6) is 0 Å². The average molecular weight is 212 g/mol. The summed E-state index contributed by atoms with van der Waals surface area (Å²) >= 11 is 3.63. The molecular formula is C11H16S2. The Bertz CT molecular complexity index is 257. The number of hydrogen-bond donors (Lipinski definition) is 0. The van der Waals surface area contributed by atoms with E-state index in [1.807, 2.05) is 23.5 Å². The van der Waals surface area contributed by atoms with Crippen LogP contribution in [0.15, 0.2) is 28.0 Å².